The van der Waals surface area contributed by atoms with E-state index >= 15 is 0 Å². The molecule has 0 aromatic carbocycles. The number of nitrogens with one attached hydrogen (secondary N) is 2. The minimum absolute atomic E-state index is 0.0254. The van der Waals surface area contributed by atoms with Gasteiger partial charge in [0.25, 0.3) is 11.5 Å². The highest BCUT2D eigenvalue weighted by Crippen LogP contribution is 2.26. The summed E-state index contributed by atoms with van der Waals surface area (Å²) < 4.78 is 16.3. The van der Waals surface area contributed by atoms with E-state index < -0.39 is 17.5 Å². The Morgan fingerprint density at radius 2 is 2.12 bits per heavy atom. The van der Waals surface area contributed by atoms with Crippen molar-refractivity contribution < 1.29 is 9.18 Å². The molecular formula is C21H25FN6O3S. The van der Waals surface area contributed by atoms with Crippen LogP contribution in [-0.4, -0.2) is 58.1 Å². The van der Waals surface area contributed by atoms with E-state index in [1.54, 1.807) is 13.0 Å². The molecule has 3 aromatic heterocycles. The number of rotatable bonds is 5. The van der Waals surface area contributed by atoms with Crippen LogP contribution < -0.4 is 21.5 Å². The van der Waals surface area contributed by atoms with Crippen LogP contribution in [0.1, 0.15) is 29.2 Å². The Labute approximate surface area is 187 Å². The minimum atomic E-state index is -0.660. The van der Waals surface area contributed by atoms with Crippen LogP contribution in [0.3, 0.4) is 0 Å². The van der Waals surface area contributed by atoms with Crippen LogP contribution in [0, 0.1) is 5.95 Å². The van der Waals surface area contributed by atoms with Gasteiger partial charge in [0.2, 0.25) is 5.95 Å². The van der Waals surface area contributed by atoms with E-state index in [-0.39, 0.29) is 17.3 Å². The first-order valence-corrected chi connectivity index (χ1v) is 11.3. The molecule has 2 N–H and O–H groups in total. The fourth-order valence-electron chi connectivity index (χ4n) is 4.11. The first kappa shape index (κ1) is 22.2. The standard InChI is InChI=1S/C21H25FN6O3S/c1-4-27-20(30)17-15(25-21(27)31)9-13(32-17)11-26-7-8-28(12(2)10-26)16-6-5-14(19(29)23-3)24-18(16)22/h5-6,9,12H,4,7-8,10-11H2,1-3H3,(H,23,29)(H,25,31). The van der Waals surface area contributed by atoms with Crippen molar-refractivity contribution in [2.45, 2.75) is 33.0 Å². The van der Waals surface area contributed by atoms with Gasteiger partial charge in [-0.3, -0.25) is 19.1 Å². The normalized spacial score (nSPS) is 17.1. The Bertz CT molecular complexity index is 1280. The maximum atomic E-state index is 14.6. The highest BCUT2D eigenvalue weighted by Gasteiger charge is 2.27. The first-order chi connectivity index (χ1) is 15.3. The average molecular weight is 461 g/mol. The van der Waals surface area contributed by atoms with Crippen LogP contribution in [0.2, 0.25) is 0 Å². The number of thiophene rings is 1. The van der Waals surface area contributed by atoms with Crippen LogP contribution in [0.4, 0.5) is 10.1 Å². The summed E-state index contributed by atoms with van der Waals surface area (Å²) in [5.41, 5.74) is 0.341. The molecule has 4 rings (SSSR count). The van der Waals surface area contributed by atoms with Crippen LogP contribution >= 0.6 is 11.3 Å². The number of carbonyl (C=O) groups excluding carboxylic acids is 1. The summed E-state index contributed by atoms with van der Waals surface area (Å²) in [7, 11) is 1.48. The van der Waals surface area contributed by atoms with Gasteiger partial charge in [0.05, 0.1) is 11.2 Å². The summed E-state index contributed by atoms with van der Waals surface area (Å²) >= 11 is 1.40. The summed E-state index contributed by atoms with van der Waals surface area (Å²) in [6, 6.07) is 5.01. The van der Waals surface area contributed by atoms with Gasteiger partial charge in [-0.15, -0.1) is 11.3 Å². The smallest absolute Gasteiger partial charge is 0.328 e. The number of aromatic nitrogens is 3. The molecule has 4 heterocycles. The second kappa shape index (κ2) is 8.83. The molecule has 1 atom stereocenters. The fourth-order valence-corrected chi connectivity index (χ4v) is 5.21. The zero-order chi connectivity index (χ0) is 23.0. The molecule has 32 heavy (non-hydrogen) atoms. The predicted molar refractivity (Wildman–Crippen MR) is 122 cm³/mol. The molecule has 9 nitrogen and oxygen atoms in total. The molecule has 0 saturated carbocycles. The van der Waals surface area contributed by atoms with Crippen molar-refractivity contribution in [3.8, 4) is 0 Å². The molecule has 0 aliphatic carbocycles. The lowest BCUT2D eigenvalue weighted by Crippen LogP contribution is -2.51. The monoisotopic (exact) mass is 460 g/mol. The fraction of sp³-hybridized carbons (Fsp3) is 0.429. The van der Waals surface area contributed by atoms with Gasteiger partial charge in [-0.2, -0.15) is 4.39 Å². The Hall–Kier alpha value is -3.05. The van der Waals surface area contributed by atoms with E-state index in [2.05, 4.69) is 20.2 Å². The van der Waals surface area contributed by atoms with Crippen molar-refractivity contribution in [2.75, 3.05) is 31.6 Å². The Kier molecular flexibility index (Phi) is 6.11. The zero-order valence-corrected chi connectivity index (χ0v) is 19.0. The summed E-state index contributed by atoms with van der Waals surface area (Å²) in [5, 5.41) is 2.44. The van der Waals surface area contributed by atoms with Gasteiger partial charge in [0, 0.05) is 50.7 Å². The van der Waals surface area contributed by atoms with Gasteiger partial charge in [-0.1, -0.05) is 0 Å². The van der Waals surface area contributed by atoms with Crippen LogP contribution in [-0.2, 0) is 13.1 Å². The lowest BCUT2D eigenvalue weighted by molar-refractivity contribution is 0.0957. The second-order valence-corrected chi connectivity index (χ2v) is 8.93. The van der Waals surface area contributed by atoms with Crippen LogP contribution in [0.25, 0.3) is 10.2 Å². The Morgan fingerprint density at radius 1 is 1.34 bits per heavy atom. The molecule has 1 aliphatic heterocycles. The lowest BCUT2D eigenvalue weighted by atomic mass is 10.1. The topological polar surface area (TPSA) is 103 Å². The van der Waals surface area contributed by atoms with Gasteiger partial charge in [-0.05, 0) is 32.0 Å². The molecule has 1 unspecified atom stereocenters. The molecule has 11 heteroatoms. The third kappa shape index (κ3) is 4.05. The maximum absolute atomic E-state index is 14.6. The van der Waals surface area contributed by atoms with Crippen molar-refractivity contribution in [2.24, 2.45) is 0 Å². The van der Waals surface area contributed by atoms with Gasteiger partial charge in [-0.25, -0.2) is 9.78 Å². The number of pyridine rings is 1. The van der Waals surface area contributed by atoms with Gasteiger partial charge < -0.3 is 15.2 Å². The number of H-pyrrole nitrogens is 1. The lowest BCUT2D eigenvalue weighted by Gasteiger charge is -2.41. The third-order valence-corrected chi connectivity index (χ3v) is 6.82. The number of nitrogens with zero attached hydrogens (tertiary/aromatic N) is 4. The SMILES string of the molecule is CCn1c(=O)[nH]c2cc(CN3CCN(c4ccc(C(=O)NC)nc4F)C(C)C3)sc2c1=O. The number of aromatic amines is 1. The molecule has 170 valence electrons. The highest BCUT2D eigenvalue weighted by molar-refractivity contribution is 7.18. The highest BCUT2D eigenvalue weighted by atomic mass is 32.1. The Balaban J connectivity index is 1.48. The molecule has 0 bridgehead atoms. The summed E-state index contributed by atoms with van der Waals surface area (Å²) in [4.78, 5) is 48.0. The van der Waals surface area contributed by atoms with Crippen molar-refractivity contribution in [3.63, 3.8) is 0 Å². The van der Waals surface area contributed by atoms with Crippen molar-refractivity contribution >= 4 is 33.1 Å². The number of anilines is 1. The number of hydrogen-bond acceptors (Lipinski definition) is 7. The number of halogens is 1. The van der Waals surface area contributed by atoms with Crippen molar-refractivity contribution in [1.29, 1.82) is 0 Å². The number of hydrogen-bond donors (Lipinski definition) is 2. The van der Waals surface area contributed by atoms with Gasteiger partial charge >= 0.3 is 5.69 Å². The average Bonchev–Trinajstić information content (AvgIpc) is 3.16. The number of amides is 1. The molecule has 1 saturated heterocycles. The summed E-state index contributed by atoms with van der Waals surface area (Å²) in [5.74, 6) is -1.09. The van der Waals surface area contributed by atoms with E-state index in [0.717, 1.165) is 4.88 Å². The van der Waals surface area contributed by atoms with E-state index in [1.165, 1.54) is 29.0 Å². The number of piperazine rings is 1. The van der Waals surface area contributed by atoms with E-state index in [1.807, 2.05) is 17.9 Å². The third-order valence-electron chi connectivity index (χ3n) is 5.71. The number of carbonyl (C=O) groups is 1. The van der Waals surface area contributed by atoms with Crippen molar-refractivity contribution in [1.82, 2.24) is 24.8 Å². The van der Waals surface area contributed by atoms with Crippen LogP contribution in [0.5, 0.6) is 0 Å². The molecule has 1 aliphatic rings. The van der Waals surface area contributed by atoms with Crippen molar-refractivity contribution in [3.05, 3.63) is 55.6 Å². The molecule has 0 radical (unpaired) electrons. The van der Waals surface area contributed by atoms with Gasteiger partial charge in [0.1, 0.15) is 10.4 Å². The maximum Gasteiger partial charge on any atom is 0.328 e. The first-order valence-electron chi connectivity index (χ1n) is 10.5. The molecular weight excluding hydrogens is 435 g/mol. The molecule has 1 fully saturated rings. The van der Waals surface area contributed by atoms with E-state index in [4.69, 9.17) is 0 Å². The molecule has 1 amide bonds. The predicted octanol–water partition coefficient (Wildman–Crippen LogP) is 1.38. The van der Waals surface area contributed by atoms with E-state index in [0.29, 0.717) is 48.6 Å². The van der Waals surface area contributed by atoms with E-state index in [9.17, 15) is 18.8 Å². The minimum Gasteiger partial charge on any atom is -0.363 e. The van der Waals surface area contributed by atoms with Crippen LogP contribution in [0.15, 0.2) is 27.8 Å². The molecule has 3 aromatic rings. The number of fused-ring (bicyclic) bond motifs is 1. The zero-order valence-electron chi connectivity index (χ0n) is 18.1. The largest absolute Gasteiger partial charge is 0.363 e. The Morgan fingerprint density at radius 3 is 2.78 bits per heavy atom. The molecule has 0 spiro atoms. The summed E-state index contributed by atoms with van der Waals surface area (Å²) in [6.45, 7) is 6.74. The quantitative estimate of drug-likeness (QED) is 0.558. The second-order valence-electron chi connectivity index (χ2n) is 7.80. The van der Waals surface area contributed by atoms with Gasteiger partial charge in [0.15, 0.2) is 0 Å². The summed E-state index contributed by atoms with van der Waals surface area (Å²) in [6.07, 6.45) is 0.